The number of nitrogens with zero attached hydrogens (tertiary/aromatic N) is 2. The number of hydrogen-bond donors (Lipinski definition) is 3. The summed E-state index contributed by atoms with van der Waals surface area (Å²) in [7, 11) is 0. The SMILES string of the molecule is CCNC(=NCCSC)NCCC(=O)Nc1cccc(C)n1. The van der Waals surface area contributed by atoms with E-state index in [9.17, 15) is 4.79 Å². The summed E-state index contributed by atoms with van der Waals surface area (Å²) in [6.07, 6.45) is 2.42. The predicted molar refractivity (Wildman–Crippen MR) is 94.6 cm³/mol. The number of pyridine rings is 1. The Morgan fingerprint density at radius 1 is 1.36 bits per heavy atom. The van der Waals surface area contributed by atoms with Crippen molar-refractivity contribution in [2.24, 2.45) is 4.99 Å². The maximum Gasteiger partial charge on any atom is 0.227 e. The topological polar surface area (TPSA) is 78.4 Å². The molecule has 0 spiro atoms. The van der Waals surface area contributed by atoms with Crippen LogP contribution >= 0.6 is 11.8 Å². The number of carbonyl (C=O) groups excluding carboxylic acids is 1. The zero-order valence-electron chi connectivity index (χ0n) is 13.5. The van der Waals surface area contributed by atoms with Gasteiger partial charge in [-0.25, -0.2) is 4.98 Å². The number of aryl methyl sites for hydroxylation is 1. The maximum absolute atomic E-state index is 11.9. The molecule has 22 heavy (non-hydrogen) atoms. The molecule has 0 saturated carbocycles. The normalized spacial score (nSPS) is 11.1. The summed E-state index contributed by atoms with van der Waals surface area (Å²) < 4.78 is 0. The van der Waals surface area contributed by atoms with Crippen LogP contribution in [-0.4, -0.2) is 48.5 Å². The van der Waals surface area contributed by atoms with Crippen LogP contribution in [-0.2, 0) is 4.79 Å². The van der Waals surface area contributed by atoms with Crippen molar-refractivity contribution < 1.29 is 4.79 Å². The predicted octanol–water partition coefficient (Wildman–Crippen LogP) is 1.64. The molecule has 0 fully saturated rings. The van der Waals surface area contributed by atoms with Crippen molar-refractivity contribution in [1.29, 1.82) is 0 Å². The average Bonchev–Trinajstić information content (AvgIpc) is 2.47. The van der Waals surface area contributed by atoms with Gasteiger partial charge in [0.15, 0.2) is 5.96 Å². The number of aromatic nitrogens is 1. The summed E-state index contributed by atoms with van der Waals surface area (Å²) >= 11 is 1.76. The van der Waals surface area contributed by atoms with E-state index in [0.717, 1.165) is 30.5 Å². The first-order valence-electron chi connectivity index (χ1n) is 7.40. The van der Waals surface area contributed by atoms with E-state index in [2.05, 4.69) is 32.2 Å². The average molecular weight is 323 g/mol. The molecule has 122 valence electrons. The van der Waals surface area contributed by atoms with Crippen LogP contribution < -0.4 is 16.0 Å². The molecule has 7 heteroatoms. The molecule has 0 aliphatic rings. The second-order valence-electron chi connectivity index (χ2n) is 4.64. The van der Waals surface area contributed by atoms with Crippen molar-refractivity contribution in [3.8, 4) is 0 Å². The first-order valence-corrected chi connectivity index (χ1v) is 8.79. The molecular formula is C15H25N5OS. The van der Waals surface area contributed by atoms with Crippen molar-refractivity contribution >= 4 is 29.4 Å². The number of guanidine groups is 1. The molecule has 1 heterocycles. The highest BCUT2D eigenvalue weighted by Gasteiger charge is 2.04. The number of thioether (sulfide) groups is 1. The first kappa shape index (κ1) is 18.3. The van der Waals surface area contributed by atoms with Gasteiger partial charge in [-0.3, -0.25) is 9.79 Å². The number of carbonyl (C=O) groups is 1. The highest BCUT2D eigenvalue weighted by atomic mass is 32.2. The zero-order chi connectivity index (χ0) is 16.2. The van der Waals surface area contributed by atoms with Gasteiger partial charge >= 0.3 is 0 Å². The van der Waals surface area contributed by atoms with Gasteiger partial charge in [-0.05, 0) is 32.2 Å². The lowest BCUT2D eigenvalue weighted by Gasteiger charge is -2.11. The van der Waals surface area contributed by atoms with Crippen LogP contribution in [0, 0.1) is 6.92 Å². The molecule has 6 nitrogen and oxygen atoms in total. The van der Waals surface area contributed by atoms with E-state index in [1.807, 2.05) is 26.0 Å². The van der Waals surface area contributed by atoms with E-state index < -0.39 is 0 Å². The van der Waals surface area contributed by atoms with Crippen molar-refractivity contribution in [2.45, 2.75) is 20.3 Å². The van der Waals surface area contributed by atoms with Gasteiger partial charge in [0.2, 0.25) is 5.91 Å². The summed E-state index contributed by atoms with van der Waals surface area (Å²) in [6.45, 7) is 6.00. The molecule has 0 aliphatic carbocycles. The van der Waals surface area contributed by atoms with Crippen LogP contribution in [0.25, 0.3) is 0 Å². The summed E-state index contributed by atoms with van der Waals surface area (Å²) in [5, 5.41) is 9.10. The Balaban J connectivity index is 2.34. The lowest BCUT2D eigenvalue weighted by atomic mass is 10.3. The van der Waals surface area contributed by atoms with Crippen LogP contribution in [0.3, 0.4) is 0 Å². The van der Waals surface area contributed by atoms with Crippen molar-refractivity contribution in [1.82, 2.24) is 15.6 Å². The van der Waals surface area contributed by atoms with Crippen molar-refractivity contribution in [3.63, 3.8) is 0 Å². The van der Waals surface area contributed by atoms with E-state index >= 15 is 0 Å². The van der Waals surface area contributed by atoms with E-state index in [0.29, 0.717) is 18.8 Å². The van der Waals surface area contributed by atoms with E-state index in [1.54, 1.807) is 17.8 Å². The van der Waals surface area contributed by atoms with Crippen molar-refractivity contribution in [2.75, 3.05) is 37.0 Å². The van der Waals surface area contributed by atoms with E-state index in [-0.39, 0.29) is 5.91 Å². The lowest BCUT2D eigenvalue weighted by Crippen LogP contribution is -2.38. The summed E-state index contributed by atoms with van der Waals surface area (Å²) in [5.74, 6) is 2.25. The van der Waals surface area contributed by atoms with Gasteiger partial charge in [-0.15, -0.1) is 0 Å². The third-order valence-electron chi connectivity index (χ3n) is 2.71. The van der Waals surface area contributed by atoms with Crippen LogP contribution in [0.2, 0.25) is 0 Å². The van der Waals surface area contributed by atoms with Gasteiger partial charge < -0.3 is 16.0 Å². The minimum atomic E-state index is -0.0643. The Morgan fingerprint density at radius 2 is 2.18 bits per heavy atom. The second kappa shape index (κ2) is 10.9. The Hall–Kier alpha value is -1.76. The molecule has 0 aromatic carbocycles. The maximum atomic E-state index is 11.9. The van der Waals surface area contributed by atoms with Crippen LogP contribution in [0.1, 0.15) is 19.0 Å². The quantitative estimate of drug-likeness (QED) is 0.385. The Labute approximate surface area is 136 Å². The number of hydrogen-bond acceptors (Lipinski definition) is 4. The summed E-state index contributed by atoms with van der Waals surface area (Å²) in [6, 6.07) is 5.55. The zero-order valence-corrected chi connectivity index (χ0v) is 14.3. The molecule has 0 saturated heterocycles. The second-order valence-corrected chi connectivity index (χ2v) is 5.63. The van der Waals surface area contributed by atoms with Gasteiger partial charge in [0, 0.05) is 31.0 Å². The largest absolute Gasteiger partial charge is 0.357 e. The van der Waals surface area contributed by atoms with Gasteiger partial charge in [-0.1, -0.05) is 6.07 Å². The number of rotatable bonds is 8. The molecule has 0 bridgehead atoms. The molecule has 1 amide bonds. The number of aliphatic imine (C=N–C) groups is 1. The number of amides is 1. The summed E-state index contributed by atoms with van der Waals surface area (Å²) in [4.78, 5) is 20.5. The van der Waals surface area contributed by atoms with Gasteiger partial charge in [0.05, 0.1) is 6.54 Å². The van der Waals surface area contributed by atoms with Crippen LogP contribution in [0.15, 0.2) is 23.2 Å². The van der Waals surface area contributed by atoms with Crippen LogP contribution in [0.4, 0.5) is 5.82 Å². The fraction of sp³-hybridized carbons (Fsp3) is 0.533. The molecule has 0 aliphatic heterocycles. The molecule has 3 N–H and O–H groups in total. The molecule has 0 atom stereocenters. The minimum Gasteiger partial charge on any atom is -0.357 e. The van der Waals surface area contributed by atoms with E-state index in [1.165, 1.54) is 0 Å². The molecule has 1 aromatic heterocycles. The fourth-order valence-corrected chi connectivity index (χ4v) is 1.98. The smallest absolute Gasteiger partial charge is 0.227 e. The third-order valence-corrected chi connectivity index (χ3v) is 3.30. The Kier molecular flexibility index (Phi) is 9.06. The molecule has 1 rings (SSSR count). The molecular weight excluding hydrogens is 298 g/mol. The van der Waals surface area contributed by atoms with E-state index in [4.69, 9.17) is 0 Å². The molecule has 0 radical (unpaired) electrons. The van der Waals surface area contributed by atoms with Gasteiger partial charge in [0.25, 0.3) is 0 Å². The Morgan fingerprint density at radius 3 is 2.86 bits per heavy atom. The monoisotopic (exact) mass is 323 g/mol. The standard InChI is InChI=1S/C15H25N5OS/c1-4-16-15(18-10-11-22-3)17-9-8-14(21)20-13-7-5-6-12(2)19-13/h5-7H,4,8-11H2,1-3H3,(H2,16,17,18)(H,19,20,21). The van der Waals surface area contributed by atoms with Crippen molar-refractivity contribution in [3.05, 3.63) is 23.9 Å². The molecule has 1 aromatic rings. The highest BCUT2D eigenvalue weighted by Crippen LogP contribution is 2.03. The van der Waals surface area contributed by atoms with Gasteiger partial charge in [-0.2, -0.15) is 11.8 Å². The third kappa shape index (κ3) is 7.87. The minimum absolute atomic E-state index is 0.0643. The molecule has 0 unspecified atom stereocenters. The highest BCUT2D eigenvalue weighted by molar-refractivity contribution is 7.98. The Bertz CT molecular complexity index is 493. The summed E-state index contributed by atoms with van der Waals surface area (Å²) in [5.41, 5.74) is 0.881. The number of anilines is 1. The fourth-order valence-electron chi connectivity index (χ4n) is 1.70. The lowest BCUT2D eigenvalue weighted by molar-refractivity contribution is -0.116. The van der Waals surface area contributed by atoms with Gasteiger partial charge in [0.1, 0.15) is 5.82 Å². The first-order chi connectivity index (χ1) is 10.7. The number of nitrogens with one attached hydrogen (secondary N) is 3. The van der Waals surface area contributed by atoms with Crippen LogP contribution in [0.5, 0.6) is 0 Å².